The molecule has 0 heterocycles. The lowest BCUT2D eigenvalue weighted by Gasteiger charge is -2.09. The Morgan fingerprint density at radius 2 is 1.58 bits per heavy atom. The number of benzene rings is 2. The summed E-state index contributed by atoms with van der Waals surface area (Å²) in [7, 11) is 0. The molecule has 1 aliphatic rings. The van der Waals surface area contributed by atoms with Crippen LogP contribution >= 0.6 is 11.8 Å². The third-order valence-corrected chi connectivity index (χ3v) is 5.31. The van der Waals surface area contributed by atoms with Crippen LogP contribution in [0.1, 0.15) is 25.7 Å². The van der Waals surface area contributed by atoms with Gasteiger partial charge in [-0.25, -0.2) is 0 Å². The first-order valence-corrected chi connectivity index (χ1v) is 9.33. The van der Waals surface area contributed by atoms with Crippen LogP contribution in [0.5, 0.6) is 0 Å². The zero-order chi connectivity index (χ0) is 16.6. The van der Waals surface area contributed by atoms with Crippen molar-refractivity contribution in [1.29, 1.82) is 0 Å². The Kier molecular flexibility index (Phi) is 6.01. The van der Waals surface area contributed by atoms with Crippen molar-refractivity contribution in [2.24, 2.45) is 10.2 Å². The van der Waals surface area contributed by atoms with E-state index >= 15 is 0 Å². The number of carbonyl (C=O) groups is 1. The second kappa shape index (κ2) is 8.64. The standard InChI is InChI=1S/C19H21N3OS/c23-19(14-24-18-8-4-5-9-18)20-15-10-12-17(13-11-15)22-21-16-6-2-1-3-7-16/h1-3,6-7,10-13,18H,4-5,8-9,14H2,(H,20,23). The fourth-order valence-electron chi connectivity index (χ4n) is 2.67. The Hall–Kier alpha value is -2.14. The lowest BCUT2D eigenvalue weighted by atomic mass is 10.3. The molecule has 0 saturated heterocycles. The van der Waals surface area contributed by atoms with Gasteiger partial charge in [0.1, 0.15) is 0 Å². The van der Waals surface area contributed by atoms with Gasteiger partial charge in [0.25, 0.3) is 0 Å². The molecular formula is C19H21N3OS. The van der Waals surface area contributed by atoms with Gasteiger partial charge < -0.3 is 5.32 Å². The van der Waals surface area contributed by atoms with Crippen LogP contribution in [-0.4, -0.2) is 16.9 Å². The van der Waals surface area contributed by atoms with Crippen molar-refractivity contribution in [3.05, 3.63) is 54.6 Å². The average Bonchev–Trinajstić information content (AvgIpc) is 3.14. The van der Waals surface area contributed by atoms with Gasteiger partial charge in [-0.2, -0.15) is 10.2 Å². The SMILES string of the molecule is O=C(CSC1CCCC1)Nc1ccc(N=Nc2ccccc2)cc1. The first-order valence-electron chi connectivity index (χ1n) is 8.28. The third kappa shape index (κ3) is 5.20. The summed E-state index contributed by atoms with van der Waals surface area (Å²) in [6.07, 6.45) is 5.11. The van der Waals surface area contributed by atoms with Crippen LogP contribution in [0, 0.1) is 0 Å². The van der Waals surface area contributed by atoms with Crippen molar-refractivity contribution in [2.45, 2.75) is 30.9 Å². The maximum Gasteiger partial charge on any atom is 0.234 e. The zero-order valence-corrected chi connectivity index (χ0v) is 14.3. The molecular weight excluding hydrogens is 318 g/mol. The summed E-state index contributed by atoms with van der Waals surface area (Å²) < 4.78 is 0. The number of anilines is 1. The molecule has 0 radical (unpaired) electrons. The Balaban J connectivity index is 1.48. The summed E-state index contributed by atoms with van der Waals surface area (Å²) in [6.45, 7) is 0. The normalized spacial score (nSPS) is 15.0. The average molecular weight is 339 g/mol. The molecule has 0 unspecified atom stereocenters. The number of nitrogens with zero attached hydrogens (tertiary/aromatic N) is 2. The molecule has 1 fully saturated rings. The second-order valence-electron chi connectivity index (χ2n) is 5.85. The molecule has 0 atom stereocenters. The lowest BCUT2D eigenvalue weighted by Crippen LogP contribution is -2.15. The van der Waals surface area contributed by atoms with Gasteiger partial charge in [-0.3, -0.25) is 4.79 Å². The van der Waals surface area contributed by atoms with Crippen molar-refractivity contribution in [1.82, 2.24) is 0 Å². The second-order valence-corrected chi connectivity index (χ2v) is 7.14. The fraction of sp³-hybridized carbons (Fsp3) is 0.316. The zero-order valence-electron chi connectivity index (χ0n) is 13.5. The Morgan fingerprint density at radius 1 is 0.958 bits per heavy atom. The van der Waals surface area contributed by atoms with Crippen molar-refractivity contribution >= 4 is 34.7 Å². The Morgan fingerprint density at radius 3 is 2.25 bits per heavy atom. The van der Waals surface area contributed by atoms with E-state index in [4.69, 9.17) is 0 Å². The fourth-order valence-corrected chi connectivity index (χ4v) is 3.79. The molecule has 5 heteroatoms. The van der Waals surface area contributed by atoms with E-state index in [1.54, 1.807) is 11.8 Å². The predicted molar refractivity (Wildman–Crippen MR) is 100 cm³/mol. The molecule has 0 aromatic heterocycles. The molecule has 4 nitrogen and oxygen atoms in total. The Labute approximate surface area is 146 Å². The van der Waals surface area contributed by atoms with Gasteiger partial charge >= 0.3 is 0 Å². The van der Waals surface area contributed by atoms with E-state index in [-0.39, 0.29) is 5.91 Å². The summed E-state index contributed by atoms with van der Waals surface area (Å²) in [5.41, 5.74) is 2.38. The highest BCUT2D eigenvalue weighted by molar-refractivity contribution is 8.00. The molecule has 1 aliphatic carbocycles. The maximum absolute atomic E-state index is 12.0. The monoisotopic (exact) mass is 339 g/mol. The molecule has 0 aliphatic heterocycles. The van der Waals surface area contributed by atoms with E-state index in [1.807, 2.05) is 54.6 Å². The third-order valence-electron chi connectivity index (χ3n) is 3.94. The van der Waals surface area contributed by atoms with E-state index in [0.29, 0.717) is 11.0 Å². The molecule has 0 bridgehead atoms. The summed E-state index contributed by atoms with van der Waals surface area (Å²) >= 11 is 1.77. The van der Waals surface area contributed by atoms with Gasteiger partial charge in [-0.1, -0.05) is 31.0 Å². The predicted octanol–water partition coefficient (Wildman–Crippen LogP) is 5.72. The largest absolute Gasteiger partial charge is 0.325 e. The van der Waals surface area contributed by atoms with Crippen LogP contribution in [0.3, 0.4) is 0 Å². The minimum atomic E-state index is 0.0607. The van der Waals surface area contributed by atoms with E-state index in [0.717, 1.165) is 17.1 Å². The minimum Gasteiger partial charge on any atom is -0.325 e. The minimum absolute atomic E-state index is 0.0607. The van der Waals surface area contributed by atoms with Crippen molar-refractivity contribution in [3.63, 3.8) is 0 Å². The first-order chi connectivity index (χ1) is 11.8. The van der Waals surface area contributed by atoms with Crippen LogP contribution in [-0.2, 0) is 4.79 Å². The van der Waals surface area contributed by atoms with Crippen molar-refractivity contribution in [3.8, 4) is 0 Å². The lowest BCUT2D eigenvalue weighted by molar-refractivity contribution is -0.113. The number of amides is 1. The smallest absolute Gasteiger partial charge is 0.234 e. The van der Waals surface area contributed by atoms with Crippen molar-refractivity contribution < 1.29 is 4.79 Å². The molecule has 124 valence electrons. The maximum atomic E-state index is 12.0. The molecule has 3 rings (SSSR count). The number of carbonyl (C=O) groups excluding carboxylic acids is 1. The summed E-state index contributed by atoms with van der Waals surface area (Å²) in [5, 5.41) is 12.0. The number of hydrogen-bond donors (Lipinski definition) is 1. The van der Waals surface area contributed by atoms with E-state index in [1.165, 1.54) is 25.7 Å². The van der Waals surface area contributed by atoms with Gasteiger partial charge in [0, 0.05) is 10.9 Å². The number of hydrogen-bond acceptors (Lipinski definition) is 4. The van der Waals surface area contributed by atoms with Crippen LogP contribution < -0.4 is 5.32 Å². The van der Waals surface area contributed by atoms with Crippen LogP contribution in [0.25, 0.3) is 0 Å². The molecule has 24 heavy (non-hydrogen) atoms. The molecule has 2 aromatic rings. The molecule has 1 saturated carbocycles. The number of rotatable bonds is 6. The first kappa shape index (κ1) is 16.7. The quantitative estimate of drug-likeness (QED) is 0.685. The van der Waals surface area contributed by atoms with Crippen molar-refractivity contribution in [2.75, 3.05) is 11.1 Å². The van der Waals surface area contributed by atoms with E-state index in [2.05, 4.69) is 15.5 Å². The van der Waals surface area contributed by atoms with Crippen LogP contribution in [0.2, 0.25) is 0 Å². The molecule has 1 N–H and O–H groups in total. The molecule has 0 spiro atoms. The van der Waals surface area contributed by atoms with Gasteiger partial charge in [0.15, 0.2) is 0 Å². The van der Waals surface area contributed by atoms with Gasteiger partial charge in [-0.15, -0.1) is 11.8 Å². The number of nitrogens with one attached hydrogen (secondary N) is 1. The summed E-state index contributed by atoms with van der Waals surface area (Å²) in [5.74, 6) is 0.589. The van der Waals surface area contributed by atoms with E-state index < -0.39 is 0 Å². The van der Waals surface area contributed by atoms with Crippen LogP contribution in [0.15, 0.2) is 64.8 Å². The topological polar surface area (TPSA) is 53.8 Å². The van der Waals surface area contributed by atoms with Gasteiger partial charge in [0.2, 0.25) is 5.91 Å². The highest BCUT2D eigenvalue weighted by Crippen LogP contribution is 2.29. The highest BCUT2D eigenvalue weighted by atomic mass is 32.2. The van der Waals surface area contributed by atoms with E-state index in [9.17, 15) is 4.79 Å². The Bertz CT molecular complexity index is 680. The highest BCUT2D eigenvalue weighted by Gasteiger charge is 2.16. The van der Waals surface area contributed by atoms with Gasteiger partial charge in [-0.05, 0) is 49.2 Å². The summed E-state index contributed by atoms with van der Waals surface area (Å²) in [6, 6.07) is 17.0. The molecule has 1 amide bonds. The summed E-state index contributed by atoms with van der Waals surface area (Å²) in [4.78, 5) is 12.0. The molecule has 2 aromatic carbocycles. The van der Waals surface area contributed by atoms with Gasteiger partial charge in [0.05, 0.1) is 17.1 Å². The number of thioether (sulfide) groups is 1. The van der Waals surface area contributed by atoms with Crippen LogP contribution in [0.4, 0.5) is 17.1 Å². The number of azo groups is 1.